The Kier molecular flexibility index (Phi) is 2.77. The number of hydrogen-bond acceptors (Lipinski definition) is 2. The van der Waals surface area contributed by atoms with Gasteiger partial charge in [0, 0.05) is 6.54 Å². The number of hydrogen-bond donors (Lipinski definition) is 0. The summed E-state index contributed by atoms with van der Waals surface area (Å²) < 4.78 is 0. The maximum absolute atomic E-state index is 5.12. The molecule has 15 heavy (non-hydrogen) atoms. The van der Waals surface area contributed by atoms with Crippen LogP contribution in [-0.2, 0) is 0 Å². The van der Waals surface area contributed by atoms with Crippen LogP contribution in [0.4, 0.5) is 0 Å². The third kappa shape index (κ3) is 1.90. The van der Waals surface area contributed by atoms with Crippen molar-refractivity contribution in [1.82, 2.24) is 4.90 Å². The smallest absolute Gasteiger partial charge is 0.218 e. The minimum absolute atomic E-state index is 0.0256. The Labute approximate surface area is 94.8 Å². The minimum Gasteiger partial charge on any atom is -0.319 e. The molecule has 0 spiro atoms. The Bertz CT molecular complexity index is 414. The van der Waals surface area contributed by atoms with E-state index in [9.17, 15) is 0 Å². The fourth-order valence-electron chi connectivity index (χ4n) is 1.71. The Morgan fingerprint density at radius 3 is 2.93 bits per heavy atom. The Morgan fingerprint density at radius 2 is 2.27 bits per heavy atom. The molecule has 0 bridgehead atoms. The molecular formula is C11H13N3S. The van der Waals surface area contributed by atoms with Gasteiger partial charge in [-0.3, -0.25) is 0 Å². The number of aryl methyl sites for hydroxylation is 1. The highest BCUT2D eigenvalue weighted by atomic mass is 32.1. The van der Waals surface area contributed by atoms with Gasteiger partial charge in [0.25, 0.3) is 0 Å². The Balaban J connectivity index is 2.32. The number of nitrogens with zero attached hydrogens (tertiary/aromatic N) is 3. The van der Waals surface area contributed by atoms with Gasteiger partial charge in [0.1, 0.15) is 0 Å². The maximum Gasteiger partial charge on any atom is 0.218 e. The zero-order valence-corrected chi connectivity index (χ0v) is 9.66. The maximum atomic E-state index is 5.12. The second-order valence-corrected chi connectivity index (χ2v) is 3.94. The highest BCUT2D eigenvalue weighted by Crippen LogP contribution is 2.28. The van der Waals surface area contributed by atoms with Crippen LogP contribution in [0.5, 0.6) is 0 Å². The molecule has 0 fully saturated rings. The molecule has 78 valence electrons. The van der Waals surface area contributed by atoms with E-state index in [1.807, 2.05) is 11.0 Å². The van der Waals surface area contributed by atoms with Crippen LogP contribution in [0.3, 0.4) is 0 Å². The molecule has 1 unspecified atom stereocenters. The van der Waals surface area contributed by atoms with Gasteiger partial charge in [0.15, 0.2) is 6.17 Å². The summed E-state index contributed by atoms with van der Waals surface area (Å²) in [6.07, 6.45) is -0.0256. The largest absolute Gasteiger partial charge is 0.319 e. The SMILES string of the molecule is CCN1C(=S)N=NC1c1cccc(C)c1. The summed E-state index contributed by atoms with van der Waals surface area (Å²) in [5.74, 6) is 0. The number of benzene rings is 1. The molecule has 1 atom stereocenters. The highest BCUT2D eigenvalue weighted by Gasteiger charge is 2.26. The van der Waals surface area contributed by atoms with Crippen LogP contribution in [0.25, 0.3) is 0 Å². The molecule has 1 aliphatic rings. The summed E-state index contributed by atoms with van der Waals surface area (Å²) in [6.45, 7) is 4.97. The van der Waals surface area contributed by atoms with Crippen LogP contribution in [-0.4, -0.2) is 16.6 Å². The van der Waals surface area contributed by atoms with E-state index in [1.54, 1.807) is 0 Å². The molecule has 4 heteroatoms. The van der Waals surface area contributed by atoms with Crippen molar-refractivity contribution in [2.45, 2.75) is 20.0 Å². The van der Waals surface area contributed by atoms with Crippen LogP contribution in [0.2, 0.25) is 0 Å². The number of rotatable bonds is 2. The molecule has 0 saturated heterocycles. The predicted octanol–water partition coefficient (Wildman–Crippen LogP) is 3.07. The summed E-state index contributed by atoms with van der Waals surface area (Å²) in [5, 5.41) is 8.74. The number of thiocarbonyl (C=S) groups is 1. The molecule has 3 nitrogen and oxygen atoms in total. The van der Waals surface area contributed by atoms with E-state index < -0.39 is 0 Å². The Morgan fingerprint density at radius 1 is 1.47 bits per heavy atom. The topological polar surface area (TPSA) is 28.0 Å². The van der Waals surface area contributed by atoms with Gasteiger partial charge >= 0.3 is 0 Å². The predicted molar refractivity (Wildman–Crippen MR) is 63.8 cm³/mol. The lowest BCUT2D eigenvalue weighted by atomic mass is 10.1. The lowest BCUT2D eigenvalue weighted by molar-refractivity contribution is 0.364. The highest BCUT2D eigenvalue weighted by molar-refractivity contribution is 7.80. The van der Waals surface area contributed by atoms with E-state index in [1.165, 1.54) is 5.56 Å². The van der Waals surface area contributed by atoms with Crippen LogP contribution >= 0.6 is 12.2 Å². The first kappa shape index (κ1) is 10.2. The molecule has 0 amide bonds. The van der Waals surface area contributed by atoms with E-state index >= 15 is 0 Å². The lowest BCUT2D eigenvalue weighted by Crippen LogP contribution is -2.26. The standard InChI is InChI=1S/C11H13N3S/c1-3-14-10(12-13-11(14)15)9-6-4-5-8(2)7-9/h4-7,10H,3H2,1-2H3. The molecule has 1 aromatic rings. The first-order valence-corrected chi connectivity index (χ1v) is 5.41. The third-order valence-corrected chi connectivity index (χ3v) is 2.79. The summed E-state index contributed by atoms with van der Waals surface area (Å²) >= 11 is 5.12. The van der Waals surface area contributed by atoms with Gasteiger partial charge in [-0.2, -0.15) is 5.11 Å². The van der Waals surface area contributed by atoms with Crippen molar-refractivity contribution in [3.05, 3.63) is 35.4 Å². The molecule has 0 radical (unpaired) electrons. The average Bonchev–Trinajstić information content (AvgIpc) is 2.59. The van der Waals surface area contributed by atoms with Crippen molar-refractivity contribution < 1.29 is 0 Å². The first-order valence-electron chi connectivity index (χ1n) is 5.00. The van der Waals surface area contributed by atoms with Gasteiger partial charge in [-0.05, 0) is 31.6 Å². The molecule has 1 aromatic carbocycles. The summed E-state index contributed by atoms with van der Waals surface area (Å²) in [7, 11) is 0. The average molecular weight is 219 g/mol. The molecule has 0 aromatic heterocycles. The lowest BCUT2D eigenvalue weighted by Gasteiger charge is -2.21. The quantitative estimate of drug-likeness (QED) is 0.715. The molecular weight excluding hydrogens is 206 g/mol. The first-order chi connectivity index (χ1) is 7.22. The van der Waals surface area contributed by atoms with Gasteiger partial charge in [-0.15, -0.1) is 5.11 Å². The minimum atomic E-state index is -0.0256. The van der Waals surface area contributed by atoms with E-state index in [-0.39, 0.29) is 6.17 Å². The molecule has 1 aliphatic heterocycles. The second-order valence-electron chi connectivity index (χ2n) is 3.57. The van der Waals surface area contributed by atoms with E-state index in [2.05, 4.69) is 42.3 Å². The second kappa shape index (κ2) is 4.06. The van der Waals surface area contributed by atoms with Crippen molar-refractivity contribution in [3.8, 4) is 0 Å². The zero-order chi connectivity index (χ0) is 10.8. The van der Waals surface area contributed by atoms with Crippen LogP contribution in [0.15, 0.2) is 34.5 Å². The van der Waals surface area contributed by atoms with Crippen molar-refractivity contribution in [2.75, 3.05) is 6.54 Å². The normalized spacial score (nSPS) is 20.0. The van der Waals surface area contributed by atoms with Crippen molar-refractivity contribution >= 4 is 17.3 Å². The van der Waals surface area contributed by atoms with Crippen molar-refractivity contribution in [3.63, 3.8) is 0 Å². The summed E-state index contributed by atoms with van der Waals surface area (Å²) in [6, 6.07) is 8.30. The van der Waals surface area contributed by atoms with Crippen molar-refractivity contribution in [1.29, 1.82) is 0 Å². The zero-order valence-electron chi connectivity index (χ0n) is 8.84. The third-order valence-electron chi connectivity index (χ3n) is 2.47. The molecule has 2 rings (SSSR count). The van der Waals surface area contributed by atoms with Gasteiger partial charge < -0.3 is 4.90 Å². The summed E-state index contributed by atoms with van der Waals surface area (Å²) in [4.78, 5) is 2.02. The monoisotopic (exact) mass is 219 g/mol. The molecule has 1 heterocycles. The Hall–Kier alpha value is -1.29. The van der Waals surface area contributed by atoms with Gasteiger partial charge in [-0.1, -0.05) is 29.8 Å². The van der Waals surface area contributed by atoms with Crippen LogP contribution in [0.1, 0.15) is 24.2 Å². The van der Waals surface area contributed by atoms with Crippen LogP contribution in [0, 0.1) is 6.92 Å². The fourth-order valence-corrected chi connectivity index (χ4v) is 1.99. The van der Waals surface area contributed by atoms with E-state index in [0.717, 1.165) is 12.1 Å². The summed E-state index contributed by atoms with van der Waals surface area (Å²) in [5.41, 5.74) is 2.39. The molecule has 0 N–H and O–H groups in total. The van der Waals surface area contributed by atoms with E-state index in [0.29, 0.717) is 5.11 Å². The van der Waals surface area contributed by atoms with E-state index in [4.69, 9.17) is 12.2 Å². The molecule has 0 saturated carbocycles. The molecule has 0 aliphatic carbocycles. The van der Waals surface area contributed by atoms with Gasteiger partial charge in [0.2, 0.25) is 5.11 Å². The number of azo groups is 1. The fraction of sp³-hybridized carbons (Fsp3) is 0.364. The van der Waals surface area contributed by atoms with Crippen LogP contribution < -0.4 is 0 Å². The van der Waals surface area contributed by atoms with Gasteiger partial charge in [-0.25, -0.2) is 0 Å². The van der Waals surface area contributed by atoms with Gasteiger partial charge in [0.05, 0.1) is 0 Å². The van der Waals surface area contributed by atoms with Crippen molar-refractivity contribution in [2.24, 2.45) is 10.2 Å².